The van der Waals surface area contributed by atoms with Gasteiger partial charge in [0, 0.05) is 0 Å². The fourth-order valence-corrected chi connectivity index (χ4v) is 4.52. The highest BCUT2D eigenvalue weighted by Gasteiger charge is 2.12. The summed E-state index contributed by atoms with van der Waals surface area (Å²) in [4.78, 5) is 48.5. The van der Waals surface area contributed by atoms with E-state index in [1.165, 1.54) is 0 Å². The second kappa shape index (κ2) is 19.3. The number of carbonyl (C=O) groups excluding carboxylic acids is 4. The van der Waals surface area contributed by atoms with Gasteiger partial charge in [0.25, 0.3) is 0 Å². The lowest BCUT2D eigenvalue weighted by Crippen LogP contribution is -2.12. The number of ether oxygens (including phenoxy) is 5. The molecule has 0 N–H and O–H groups in total. The van der Waals surface area contributed by atoms with Gasteiger partial charge in [0.2, 0.25) is 0 Å². The van der Waals surface area contributed by atoms with E-state index in [1.54, 1.807) is 84.9 Å². The first kappa shape index (κ1) is 35.4. The molecule has 9 heteroatoms. The molecule has 48 heavy (non-hydrogen) atoms. The minimum atomic E-state index is -0.510. The molecular weight excluding hydrogens is 612 g/mol. The predicted octanol–water partition coefficient (Wildman–Crippen LogP) is 8.08. The Morgan fingerprint density at radius 2 is 0.917 bits per heavy atom. The van der Waals surface area contributed by atoms with Crippen LogP contribution >= 0.6 is 0 Å². The summed E-state index contributed by atoms with van der Waals surface area (Å²) in [6.45, 7) is 2.85. The second-order valence-corrected chi connectivity index (χ2v) is 11.1. The average Bonchev–Trinajstić information content (AvgIpc) is 3.10. The van der Waals surface area contributed by atoms with Crippen LogP contribution in [-0.4, -0.2) is 37.1 Å². The van der Waals surface area contributed by atoms with E-state index >= 15 is 0 Å². The van der Waals surface area contributed by atoms with Crippen molar-refractivity contribution >= 4 is 23.9 Å². The Balaban J connectivity index is 1.01. The van der Waals surface area contributed by atoms with E-state index in [1.807, 2.05) is 25.1 Å². The monoisotopic (exact) mass is 652 g/mol. The maximum atomic E-state index is 12.6. The van der Waals surface area contributed by atoms with E-state index < -0.39 is 23.9 Å². The summed E-state index contributed by atoms with van der Waals surface area (Å²) in [7, 11) is 0. The summed E-state index contributed by atoms with van der Waals surface area (Å²) >= 11 is 0. The van der Waals surface area contributed by atoms with Gasteiger partial charge in [-0.3, -0.25) is 9.59 Å². The molecule has 0 amide bonds. The molecule has 0 saturated heterocycles. The first-order valence-corrected chi connectivity index (χ1v) is 16.1. The molecule has 0 aromatic heterocycles. The van der Waals surface area contributed by atoms with Gasteiger partial charge in [-0.15, -0.1) is 0 Å². The van der Waals surface area contributed by atoms with E-state index in [-0.39, 0.29) is 12.8 Å². The van der Waals surface area contributed by atoms with Crippen LogP contribution in [0.3, 0.4) is 0 Å². The van der Waals surface area contributed by atoms with Crippen LogP contribution in [0.2, 0.25) is 0 Å². The van der Waals surface area contributed by atoms with Crippen molar-refractivity contribution < 1.29 is 42.9 Å². The van der Waals surface area contributed by atoms with Gasteiger partial charge >= 0.3 is 23.9 Å². The van der Waals surface area contributed by atoms with Crippen LogP contribution in [0, 0.1) is 6.92 Å². The first-order chi connectivity index (χ1) is 23.4. The third-order valence-electron chi connectivity index (χ3n) is 7.20. The largest absolute Gasteiger partial charge is 0.494 e. The molecule has 0 aliphatic carbocycles. The van der Waals surface area contributed by atoms with Crippen molar-refractivity contribution in [2.45, 2.75) is 58.3 Å². The van der Waals surface area contributed by atoms with E-state index in [9.17, 15) is 19.2 Å². The van der Waals surface area contributed by atoms with Crippen molar-refractivity contribution in [3.05, 3.63) is 120 Å². The first-order valence-electron chi connectivity index (χ1n) is 16.1. The number of benzene rings is 4. The van der Waals surface area contributed by atoms with Crippen LogP contribution < -0.4 is 18.9 Å². The van der Waals surface area contributed by atoms with Crippen LogP contribution in [0.4, 0.5) is 0 Å². The van der Waals surface area contributed by atoms with Crippen LogP contribution in [0.25, 0.3) is 0 Å². The quantitative estimate of drug-likeness (QED) is 0.0598. The predicted molar refractivity (Wildman–Crippen MR) is 179 cm³/mol. The molecule has 0 unspecified atom stereocenters. The zero-order chi connectivity index (χ0) is 34.0. The van der Waals surface area contributed by atoms with Gasteiger partial charge in [-0.05, 0) is 92.6 Å². The average molecular weight is 653 g/mol. The fraction of sp³-hybridized carbons (Fsp3) is 0.282. The second-order valence-electron chi connectivity index (χ2n) is 11.1. The smallest absolute Gasteiger partial charge is 0.343 e. The molecule has 4 aromatic carbocycles. The van der Waals surface area contributed by atoms with E-state index in [2.05, 4.69) is 0 Å². The molecule has 0 heterocycles. The highest BCUT2D eigenvalue weighted by atomic mass is 16.5. The van der Waals surface area contributed by atoms with Gasteiger partial charge in [-0.2, -0.15) is 0 Å². The number of hydrogen-bond donors (Lipinski definition) is 0. The zero-order valence-corrected chi connectivity index (χ0v) is 27.1. The lowest BCUT2D eigenvalue weighted by molar-refractivity contribution is -0.147. The standard InChI is InChI=1S/C39H40O9/c1-29-13-15-30(16-14-29)38(42)47-34-21-23-35(24-22-34)48-39(43)31-17-19-32(20-18-31)44-27-9-4-2-3-5-10-28-45-36(40)25-26-37(41)46-33-11-7-6-8-12-33/h6-8,11-24H,2-5,9-10,25-28H2,1H3. The molecular formula is C39H40O9. The molecule has 0 atom stereocenters. The maximum Gasteiger partial charge on any atom is 0.343 e. The third-order valence-corrected chi connectivity index (χ3v) is 7.20. The van der Waals surface area contributed by atoms with Gasteiger partial charge in [0.1, 0.15) is 23.0 Å². The molecule has 4 rings (SSSR count). The Kier molecular flexibility index (Phi) is 14.2. The number of carbonyl (C=O) groups is 4. The molecule has 0 aliphatic rings. The lowest BCUT2D eigenvalue weighted by Gasteiger charge is -2.09. The van der Waals surface area contributed by atoms with Crippen molar-refractivity contribution in [2.75, 3.05) is 13.2 Å². The maximum absolute atomic E-state index is 12.6. The Morgan fingerprint density at radius 1 is 0.458 bits per heavy atom. The van der Waals surface area contributed by atoms with Crippen LogP contribution in [0.5, 0.6) is 23.0 Å². The van der Waals surface area contributed by atoms with Gasteiger partial charge < -0.3 is 23.7 Å². The molecule has 250 valence electrons. The Morgan fingerprint density at radius 3 is 1.50 bits per heavy atom. The van der Waals surface area contributed by atoms with Crippen molar-refractivity contribution in [1.29, 1.82) is 0 Å². The summed E-state index contributed by atoms with van der Waals surface area (Å²) in [5.41, 5.74) is 1.88. The minimum absolute atomic E-state index is 0.00390. The number of esters is 4. The summed E-state index contributed by atoms with van der Waals surface area (Å²) in [6, 6.07) is 28.9. The minimum Gasteiger partial charge on any atom is -0.494 e. The molecule has 0 aliphatic heterocycles. The van der Waals surface area contributed by atoms with Crippen molar-refractivity contribution in [3.63, 3.8) is 0 Å². The SMILES string of the molecule is Cc1ccc(C(=O)Oc2ccc(OC(=O)c3ccc(OCCCCCCCCOC(=O)CCC(=O)Oc4ccccc4)cc3)cc2)cc1. The number of aryl methyl sites for hydroxylation is 1. The summed E-state index contributed by atoms with van der Waals surface area (Å²) in [5, 5.41) is 0. The van der Waals surface area contributed by atoms with Crippen LogP contribution in [0.15, 0.2) is 103 Å². The Bertz CT molecular complexity index is 1600. The molecule has 0 saturated carbocycles. The number of para-hydroxylation sites is 1. The zero-order valence-electron chi connectivity index (χ0n) is 27.1. The van der Waals surface area contributed by atoms with E-state index in [4.69, 9.17) is 23.7 Å². The van der Waals surface area contributed by atoms with Crippen molar-refractivity contribution in [3.8, 4) is 23.0 Å². The summed E-state index contributed by atoms with van der Waals surface area (Å²) in [5.74, 6) is -0.0296. The number of unbranched alkanes of at least 4 members (excludes halogenated alkanes) is 5. The number of rotatable bonds is 18. The Labute approximate surface area is 280 Å². The molecule has 0 spiro atoms. The molecule has 4 aromatic rings. The van der Waals surface area contributed by atoms with Gasteiger partial charge in [-0.1, -0.05) is 61.6 Å². The van der Waals surface area contributed by atoms with E-state index in [0.29, 0.717) is 47.3 Å². The molecule has 0 bridgehead atoms. The lowest BCUT2D eigenvalue weighted by atomic mass is 10.1. The highest BCUT2D eigenvalue weighted by Crippen LogP contribution is 2.21. The molecule has 9 nitrogen and oxygen atoms in total. The van der Waals surface area contributed by atoms with Crippen molar-refractivity contribution in [2.24, 2.45) is 0 Å². The molecule has 0 fully saturated rings. The van der Waals surface area contributed by atoms with Gasteiger partial charge in [0.15, 0.2) is 0 Å². The van der Waals surface area contributed by atoms with E-state index in [0.717, 1.165) is 44.1 Å². The number of hydrogen-bond acceptors (Lipinski definition) is 9. The van der Waals surface area contributed by atoms with Crippen LogP contribution in [-0.2, 0) is 14.3 Å². The van der Waals surface area contributed by atoms with Gasteiger partial charge in [-0.25, -0.2) is 9.59 Å². The van der Waals surface area contributed by atoms with Crippen molar-refractivity contribution in [1.82, 2.24) is 0 Å². The fourth-order valence-electron chi connectivity index (χ4n) is 4.52. The Hall–Kier alpha value is -5.44. The summed E-state index contributed by atoms with van der Waals surface area (Å²) in [6.07, 6.45) is 5.70. The third kappa shape index (κ3) is 12.7. The summed E-state index contributed by atoms with van der Waals surface area (Å²) < 4.78 is 27.0. The van der Waals surface area contributed by atoms with Gasteiger partial charge in [0.05, 0.1) is 37.2 Å². The normalized spacial score (nSPS) is 10.5. The molecule has 0 radical (unpaired) electrons. The van der Waals surface area contributed by atoms with Crippen LogP contribution in [0.1, 0.15) is 77.6 Å². The highest BCUT2D eigenvalue weighted by molar-refractivity contribution is 5.92. The topological polar surface area (TPSA) is 114 Å².